The monoisotopic (exact) mass is 435 g/mol. The zero-order valence-electron chi connectivity index (χ0n) is 14.6. The van der Waals surface area contributed by atoms with Crippen molar-refractivity contribution in [1.29, 1.82) is 0 Å². The van der Waals surface area contributed by atoms with Gasteiger partial charge in [-0.2, -0.15) is 0 Å². The van der Waals surface area contributed by atoms with E-state index in [-0.39, 0.29) is 10.6 Å². The normalized spacial score (nSPS) is 10.5. The third-order valence-electron chi connectivity index (χ3n) is 4.00. The van der Waals surface area contributed by atoms with Crippen LogP contribution in [-0.4, -0.2) is 11.1 Å². The molecular weight excluding hydrogens is 421 g/mol. The van der Waals surface area contributed by atoms with Crippen LogP contribution in [0.2, 0.25) is 15.1 Å². The van der Waals surface area contributed by atoms with Crippen molar-refractivity contribution in [3.8, 4) is 5.75 Å². The van der Waals surface area contributed by atoms with Crippen molar-refractivity contribution >= 4 is 46.5 Å². The Morgan fingerprint density at radius 2 is 1.79 bits per heavy atom. The van der Waals surface area contributed by atoms with Crippen LogP contribution < -0.4 is 10.1 Å². The quantitative estimate of drug-likeness (QED) is 0.442. The number of anilines is 1. The maximum absolute atomic E-state index is 11.2. The summed E-state index contributed by atoms with van der Waals surface area (Å²) in [6.45, 7) is 0.825. The molecular formula is C21H16Cl3NO3. The fourth-order valence-electron chi connectivity index (χ4n) is 2.55. The van der Waals surface area contributed by atoms with E-state index in [4.69, 9.17) is 44.6 Å². The Balaban J connectivity index is 1.63. The SMILES string of the molecule is O=C(O)c1cc(NCc2cccc(OCc3ccc(Cl)cc3Cl)c2)ccc1Cl. The highest BCUT2D eigenvalue weighted by Gasteiger charge is 2.09. The summed E-state index contributed by atoms with van der Waals surface area (Å²) in [5.74, 6) is -0.363. The highest BCUT2D eigenvalue weighted by molar-refractivity contribution is 6.35. The van der Waals surface area contributed by atoms with Crippen LogP contribution in [0.1, 0.15) is 21.5 Å². The summed E-state index contributed by atoms with van der Waals surface area (Å²) in [4.78, 5) is 11.2. The first-order valence-electron chi connectivity index (χ1n) is 8.35. The van der Waals surface area contributed by atoms with E-state index in [1.165, 1.54) is 6.07 Å². The molecule has 0 saturated carbocycles. The molecule has 7 heteroatoms. The average Bonchev–Trinajstić information content (AvgIpc) is 2.67. The number of hydrogen-bond donors (Lipinski definition) is 2. The molecule has 3 rings (SSSR count). The molecule has 0 saturated heterocycles. The zero-order valence-corrected chi connectivity index (χ0v) is 16.9. The van der Waals surface area contributed by atoms with Crippen LogP contribution in [0.15, 0.2) is 60.7 Å². The van der Waals surface area contributed by atoms with E-state index in [1.54, 1.807) is 24.3 Å². The van der Waals surface area contributed by atoms with E-state index in [0.29, 0.717) is 34.6 Å². The van der Waals surface area contributed by atoms with Crippen molar-refractivity contribution in [3.63, 3.8) is 0 Å². The number of benzene rings is 3. The van der Waals surface area contributed by atoms with Crippen molar-refractivity contribution < 1.29 is 14.6 Å². The Hall–Kier alpha value is -2.40. The zero-order chi connectivity index (χ0) is 20.1. The molecule has 0 aliphatic heterocycles. The molecule has 0 bridgehead atoms. The van der Waals surface area contributed by atoms with Crippen LogP contribution in [0.4, 0.5) is 5.69 Å². The van der Waals surface area contributed by atoms with Gasteiger partial charge in [-0.1, -0.05) is 53.0 Å². The van der Waals surface area contributed by atoms with Gasteiger partial charge in [0.2, 0.25) is 0 Å². The second-order valence-corrected chi connectivity index (χ2v) is 7.28. The molecule has 28 heavy (non-hydrogen) atoms. The van der Waals surface area contributed by atoms with E-state index in [9.17, 15) is 4.79 Å². The largest absolute Gasteiger partial charge is 0.489 e. The maximum atomic E-state index is 11.2. The number of halogens is 3. The average molecular weight is 437 g/mol. The minimum atomic E-state index is -1.06. The van der Waals surface area contributed by atoms with Gasteiger partial charge in [0.05, 0.1) is 10.6 Å². The van der Waals surface area contributed by atoms with E-state index < -0.39 is 5.97 Å². The van der Waals surface area contributed by atoms with E-state index in [1.807, 2.05) is 30.3 Å². The lowest BCUT2D eigenvalue weighted by Gasteiger charge is -2.11. The summed E-state index contributed by atoms with van der Waals surface area (Å²) in [7, 11) is 0. The minimum Gasteiger partial charge on any atom is -0.489 e. The Bertz CT molecular complexity index is 1010. The molecule has 0 unspecified atom stereocenters. The summed E-state index contributed by atoms with van der Waals surface area (Å²) in [6.07, 6.45) is 0. The van der Waals surface area contributed by atoms with E-state index in [0.717, 1.165) is 11.1 Å². The fourth-order valence-corrected chi connectivity index (χ4v) is 3.21. The van der Waals surface area contributed by atoms with Gasteiger partial charge >= 0.3 is 5.97 Å². The van der Waals surface area contributed by atoms with E-state index in [2.05, 4.69) is 5.32 Å². The number of nitrogens with one attached hydrogen (secondary N) is 1. The van der Waals surface area contributed by atoms with Crippen LogP contribution in [0, 0.1) is 0 Å². The summed E-state index contributed by atoms with van der Waals surface area (Å²) >= 11 is 18.0. The number of carboxylic acid groups (broad SMARTS) is 1. The molecule has 3 aromatic carbocycles. The molecule has 0 aromatic heterocycles. The van der Waals surface area contributed by atoms with Gasteiger partial charge in [0.15, 0.2) is 0 Å². The second kappa shape index (κ2) is 9.20. The lowest BCUT2D eigenvalue weighted by molar-refractivity contribution is 0.0697. The van der Waals surface area contributed by atoms with Crippen LogP contribution >= 0.6 is 34.8 Å². The standard InChI is InChI=1S/C21H16Cl3NO3/c22-15-5-4-14(20(24)9-15)12-28-17-3-1-2-13(8-17)11-25-16-6-7-19(23)18(10-16)21(26)27/h1-10,25H,11-12H2,(H,26,27). The van der Waals surface area contributed by atoms with Crippen LogP contribution in [0.25, 0.3) is 0 Å². The Kier molecular flexibility index (Phi) is 6.68. The molecule has 0 aliphatic carbocycles. The van der Waals surface area contributed by atoms with Crippen molar-refractivity contribution in [2.45, 2.75) is 13.2 Å². The first-order valence-corrected chi connectivity index (χ1v) is 9.48. The van der Waals surface area contributed by atoms with Gasteiger partial charge in [0.25, 0.3) is 0 Å². The van der Waals surface area contributed by atoms with Gasteiger partial charge in [-0.25, -0.2) is 4.79 Å². The van der Waals surface area contributed by atoms with Gasteiger partial charge < -0.3 is 15.2 Å². The number of carboxylic acids is 1. The minimum absolute atomic E-state index is 0.0589. The van der Waals surface area contributed by atoms with Gasteiger partial charge in [0, 0.05) is 27.8 Å². The number of carbonyl (C=O) groups is 1. The van der Waals surface area contributed by atoms with Crippen molar-refractivity contribution in [3.05, 3.63) is 92.4 Å². The Labute approximate surface area is 177 Å². The van der Waals surface area contributed by atoms with Gasteiger partial charge in [-0.3, -0.25) is 0 Å². The van der Waals surface area contributed by atoms with E-state index >= 15 is 0 Å². The number of hydrogen-bond acceptors (Lipinski definition) is 3. The van der Waals surface area contributed by atoms with Crippen molar-refractivity contribution in [2.24, 2.45) is 0 Å². The molecule has 4 nitrogen and oxygen atoms in total. The number of ether oxygens (including phenoxy) is 1. The van der Waals surface area contributed by atoms with Gasteiger partial charge in [-0.05, 0) is 48.0 Å². The number of rotatable bonds is 7. The molecule has 0 heterocycles. The molecule has 0 aliphatic rings. The Morgan fingerprint density at radius 1 is 0.964 bits per heavy atom. The van der Waals surface area contributed by atoms with Crippen molar-refractivity contribution in [2.75, 3.05) is 5.32 Å². The van der Waals surface area contributed by atoms with Crippen molar-refractivity contribution in [1.82, 2.24) is 0 Å². The summed E-state index contributed by atoms with van der Waals surface area (Å²) in [6, 6.07) is 17.7. The lowest BCUT2D eigenvalue weighted by Crippen LogP contribution is -2.03. The molecule has 0 spiro atoms. The third-order valence-corrected chi connectivity index (χ3v) is 4.92. The smallest absolute Gasteiger partial charge is 0.337 e. The third kappa shape index (κ3) is 5.32. The molecule has 0 atom stereocenters. The molecule has 144 valence electrons. The summed E-state index contributed by atoms with van der Waals surface area (Å²) in [5.41, 5.74) is 2.55. The second-order valence-electron chi connectivity index (χ2n) is 6.03. The Morgan fingerprint density at radius 3 is 2.54 bits per heavy atom. The molecule has 0 fully saturated rings. The van der Waals surface area contributed by atoms with Crippen LogP contribution in [0.3, 0.4) is 0 Å². The predicted molar refractivity (Wildman–Crippen MR) is 113 cm³/mol. The highest BCUT2D eigenvalue weighted by Crippen LogP contribution is 2.24. The summed E-state index contributed by atoms with van der Waals surface area (Å²) in [5, 5.41) is 13.7. The first kappa shape index (κ1) is 20.3. The lowest BCUT2D eigenvalue weighted by atomic mass is 10.1. The molecule has 0 radical (unpaired) electrons. The number of aromatic carboxylic acids is 1. The topological polar surface area (TPSA) is 58.6 Å². The predicted octanol–water partition coefficient (Wildman–Crippen LogP) is 6.54. The summed E-state index contributed by atoms with van der Waals surface area (Å²) < 4.78 is 5.82. The first-order chi connectivity index (χ1) is 13.4. The van der Waals surface area contributed by atoms with Crippen LogP contribution in [-0.2, 0) is 13.2 Å². The van der Waals surface area contributed by atoms with Gasteiger partial charge in [0.1, 0.15) is 12.4 Å². The molecule has 2 N–H and O–H groups in total. The highest BCUT2D eigenvalue weighted by atomic mass is 35.5. The maximum Gasteiger partial charge on any atom is 0.337 e. The van der Waals surface area contributed by atoms with Crippen LogP contribution in [0.5, 0.6) is 5.75 Å². The molecule has 3 aromatic rings. The fraction of sp³-hybridized carbons (Fsp3) is 0.0952. The molecule has 0 amide bonds. The van der Waals surface area contributed by atoms with Gasteiger partial charge in [-0.15, -0.1) is 0 Å².